The summed E-state index contributed by atoms with van der Waals surface area (Å²) in [4.78, 5) is 6.83. The van der Waals surface area contributed by atoms with Crippen LogP contribution in [0.5, 0.6) is 17.2 Å². The number of aromatic nitrogens is 1. The molecule has 1 heterocycles. The van der Waals surface area contributed by atoms with Crippen LogP contribution in [0.2, 0.25) is 0 Å². The quantitative estimate of drug-likeness (QED) is 0.841. The van der Waals surface area contributed by atoms with E-state index in [1.54, 1.807) is 21.3 Å². The predicted molar refractivity (Wildman–Crippen MR) is 97.7 cm³/mol. The molecule has 2 aromatic rings. The number of nitrogens with zero attached hydrogens (tertiary/aromatic N) is 2. The summed E-state index contributed by atoms with van der Waals surface area (Å²) in [5, 5.41) is 4.35. The number of anilines is 1. The molecule has 0 atom stereocenters. The summed E-state index contributed by atoms with van der Waals surface area (Å²) in [6, 6.07) is 4.37. The molecular weight excluding hydrogens is 306 g/mol. The smallest absolute Gasteiger partial charge is 0.204 e. The van der Waals surface area contributed by atoms with Crippen LogP contribution in [0.25, 0.3) is 10.9 Å². The molecule has 2 rings (SSSR count). The minimum atomic E-state index is 0.392. The van der Waals surface area contributed by atoms with E-state index >= 15 is 0 Å². The first-order chi connectivity index (χ1) is 11.4. The number of hydrogen-bond acceptors (Lipinski definition) is 6. The van der Waals surface area contributed by atoms with Crippen LogP contribution in [0.1, 0.15) is 19.4 Å². The fourth-order valence-electron chi connectivity index (χ4n) is 2.65. The molecule has 1 N–H and O–H groups in total. The first kappa shape index (κ1) is 18.1. The predicted octanol–water partition coefficient (Wildman–Crippen LogP) is 2.82. The van der Waals surface area contributed by atoms with E-state index in [2.05, 4.69) is 25.2 Å². The largest absolute Gasteiger partial charge is 0.493 e. The second-order valence-electron chi connectivity index (χ2n) is 6.11. The number of hydrogen-bond donors (Lipinski definition) is 1. The third-order valence-corrected chi connectivity index (χ3v) is 3.80. The number of ether oxygens (including phenoxy) is 3. The van der Waals surface area contributed by atoms with Gasteiger partial charge in [-0.15, -0.1) is 0 Å². The van der Waals surface area contributed by atoms with Gasteiger partial charge in [-0.25, -0.2) is 4.98 Å². The molecule has 0 aliphatic carbocycles. The summed E-state index contributed by atoms with van der Waals surface area (Å²) in [5.74, 6) is 2.74. The van der Waals surface area contributed by atoms with Gasteiger partial charge in [0.05, 0.1) is 26.8 Å². The topological polar surface area (TPSA) is 55.9 Å². The van der Waals surface area contributed by atoms with Crippen molar-refractivity contribution in [3.8, 4) is 17.2 Å². The van der Waals surface area contributed by atoms with E-state index < -0.39 is 0 Å². The van der Waals surface area contributed by atoms with E-state index in [0.29, 0.717) is 23.3 Å². The molecule has 0 saturated carbocycles. The molecule has 0 fully saturated rings. The molecule has 0 radical (unpaired) electrons. The van der Waals surface area contributed by atoms with Gasteiger partial charge in [0.15, 0.2) is 11.5 Å². The van der Waals surface area contributed by atoms with Gasteiger partial charge in [0.2, 0.25) is 5.75 Å². The zero-order chi connectivity index (χ0) is 17.9. The molecule has 0 aliphatic rings. The lowest BCUT2D eigenvalue weighted by atomic mass is 10.1. The SMILES string of the molecule is COc1cc2nc(N(C)C)c(CNC(C)C)cc2c(OC)c1OC. The summed E-state index contributed by atoms with van der Waals surface area (Å²) < 4.78 is 16.5. The second-order valence-corrected chi connectivity index (χ2v) is 6.11. The Morgan fingerprint density at radius 1 is 1.04 bits per heavy atom. The van der Waals surface area contributed by atoms with Crippen LogP contribution in [0.4, 0.5) is 5.82 Å². The highest BCUT2D eigenvalue weighted by atomic mass is 16.5. The molecule has 132 valence electrons. The maximum atomic E-state index is 5.59. The minimum Gasteiger partial charge on any atom is -0.493 e. The highest BCUT2D eigenvalue weighted by Gasteiger charge is 2.19. The van der Waals surface area contributed by atoms with Crippen LogP contribution in [-0.4, -0.2) is 46.5 Å². The Labute approximate surface area is 143 Å². The van der Waals surface area contributed by atoms with Crippen LogP contribution >= 0.6 is 0 Å². The van der Waals surface area contributed by atoms with Gasteiger partial charge < -0.3 is 24.4 Å². The Balaban J connectivity index is 2.72. The van der Waals surface area contributed by atoms with Crippen molar-refractivity contribution >= 4 is 16.7 Å². The van der Waals surface area contributed by atoms with Crippen molar-refractivity contribution in [1.82, 2.24) is 10.3 Å². The molecule has 6 nitrogen and oxygen atoms in total. The number of rotatable bonds is 7. The molecule has 0 unspecified atom stereocenters. The molecule has 0 amide bonds. The molecule has 0 bridgehead atoms. The van der Waals surface area contributed by atoms with E-state index in [1.165, 1.54) is 0 Å². The molecule has 0 spiro atoms. The molecule has 6 heteroatoms. The normalized spacial score (nSPS) is 11.0. The van der Waals surface area contributed by atoms with Crippen LogP contribution < -0.4 is 24.4 Å². The molecule has 1 aromatic heterocycles. The Morgan fingerprint density at radius 2 is 1.71 bits per heavy atom. The standard InChI is InChI=1S/C18H27N3O3/c1-11(2)19-10-12-8-13-14(20-18(12)21(3)4)9-15(22-5)17(24-7)16(13)23-6/h8-9,11,19H,10H2,1-7H3. The summed E-state index contributed by atoms with van der Waals surface area (Å²) in [6.45, 7) is 4.97. The number of benzene rings is 1. The van der Waals surface area contributed by atoms with Gasteiger partial charge in [-0.3, -0.25) is 0 Å². The Kier molecular flexibility index (Phi) is 5.72. The van der Waals surface area contributed by atoms with Crippen LogP contribution in [0, 0.1) is 0 Å². The Hall–Kier alpha value is -2.21. The van der Waals surface area contributed by atoms with E-state index in [-0.39, 0.29) is 0 Å². The number of methoxy groups -OCH3 is 3. The van der Waals surface area contributed by atoms with Gasteiger partial charge in [0.25, 0.3) is 0 Å². The average molecular weight is 333 g/mol. The van der Waals surface area contributed by atoms with Gasteiger partial charge in [0.1, 0.15) is 5.82 Å². The fraction of sp³-hybridized carbons (Fsp3) is 0.500. The van der Waals surface area contributed by atoms with Crippen LogP contribution in [0.3, 0.4) is 0 Å². The van der Waals surface area contributed by atoms with Crippen molar-refractivity contribution < 1.29 is 14.2 Å². The van der Waals surface area contributed by atoms with Crippen LogP contribution in [-0.2, 0) is 6.54 Å². The van der Waals surface area contributed by atoms with E-state index in [0.717, 1.165) is 28.8 Å². The zero-order valence-electron chi connectivity index (χ0n) is 15.6. The molecule has 0 aliphatic heterocycles. The lowest BCUT2D eigenvalue weighted by Gasteiger charge is -2.20. The van der Waals surface area contributed by atoms with Crippen LogP contribution in [0.15, 0.2) is 12.1 Å². The van der Waals surface area contributed by atoms with Crippen molar-refractivity contribution in [2.75, 3.05) is 40.3 Å². The van der Waals surface area contributed by atoms with Gasteiger partial charge in [-0.1, -0.05) is 13.8 Å². The maximum absolute atomic E-state index is 5.59. The lowest BCUT2D eigenvalue weighted by Crippen LogP contribution is -2.24. The average Bonchev–Trinajstić information content (AvgIpc) is 2.56. The number of fused-ring (bicyclic) bond motifs is 1. The molecule has 0 saturated heterocycles. The molecular formula is C18H27N3O3. The first-order valence-electron chi connectivity index (χ1n) is 7.96. The lowest BCUT2D eigenvalue weighted by molar-refractivity contribution is 0.327. The monoisotopic (exact) mass is 333 g/mol. The third kappa shape index (κ3) is 3.48. The van der Waals surface area contributed by atoms with Crippen molar-refractivity contribution in [3.05, 3.63) is 17.7 Å². The Morgan fingerprint density at radius 3 is 2.21 bits per heavy atom. The fourth-order valence-corrected chi connectivity index (χ4v) is 2.65. The van der Waals surface area contributed by atoms with Crippen molar-refractivity contribution in [3.63, 3.8) is 0 Å². The first-order valence-corrected chi connectivity index (χ1v) is 7.96. The molecule has 24 heavy (non-hydrogen) atoms. The maximum Gasteiger partial charge on any atom is 0.204 e. The third-order valence-electron chi connectivity index (χ3n) is 3.80. The van der Waals surface area contributed by atoms with Gasteiger partial charge in [0, 0.05) is 43.7 Å². The van der Waals surface area contributed by atoms with E-state index in [1.807, 2.05) is 25.1 Å². The minimum absolute atomic E-state index is 0.392. The van der Waals surface area contributed by atoms with Crippen molar-refractivity contribution in [1.29, 1.82) is 0 Å². The van der Waals surface area contributed by atoms with E-state index in [4.69, 9.17) is 19.2 Å². The highest BCUT2D eigenvalue weighted by Crippen LogP contribution is 2.43. The number of pyridine rings is 1. The van der Waals surface area contributed by atoms with E-state index in [9.17, 15) is 0 Å². The molecule has 1 aromatic carbocycles. The zero-order valence-corrected chi connectivity index (χ0v) is 15.6. The highest BCUT2D eigenvalue weighted by molar-refractivity contribution is 5.92. The summed E-state index contributed by atoms with van der Waals surface area (Å²) in [7, 11) is 8.82. The van der Waals surface area contributed by atoms with Gasteiger partial charge >= 0.3 is 0 Å². The number of nitrogens with one attached hydrogen (secondary N) is 1. The Bertz CT molecular complexity index is 714. The van der Waals surface area contributed by atoms with Crippen molar-refractivity contribution in [2.45, 2.75) is 26.4 Å². The van der Waals surface area contributed by atoms with Gasteiger partial charge in [-0.2, -0.15) is 0 Å². The second kappa shape index (κ2) is 7.57. The summed E-state index contributed by atoms with van der Waals surface area (Å²) >= 11 is 0. The summed E-state index contributed by atoms with van der Waals surface area (Å²) in [5.41, 5.74) is 1.91. The summed E-state index contributed by atoms with van der Waals surface area (Å²) in [6.07, 6.45) is 0. The van der Waals surface area contributed by atoms with Crippen molar-refractivity contribution in [2.24, 2.45) is 0 Å². The van der Waals surface area contributed by atoms with Gasteiger partial charge in [-0.05, 0) is 6.07 Å².